The van der Waals surface area contributed by atoms with Crippen LogP contribution in [0.3, 0.4) is 0 Å². The Morgan fingerprint density at radius 3 is 2.65 bits per heavy atom. The molecule has 1 aliphatic heterocycles. The molecular formula is C13H26N2OS. The van der Waals surface area contributed by atoms with Gasteiger partial charge in [-0.2, -0.15) is 11.8 Å². The van der Waals surface area contributed by atoms with E-state index in [4.69, 9.17) is 0 Å². The topological polar surface area (TPSA) is 32.3 Å². The number of carbonyl (C=O) groups excluding carboxylic acids is 1. The summed E-state index contributed by atoms with van der Waals surface area (Å²) in [5, 5.41) is 3.56. The molecule has 1 fully saturated rings. The predicted octanol–water partition coefficient (Wildman–Crippen LogP) is 1.97. The van der Waals surface area contributed by atoms with Crippen molar-refractivity contribution < 1.29 is 4.79 Å². The molecule has 1 rings (SSSR count). The van der Waals surface area contributed by atoms with Crippen molar-refractivity contribution in [2.45, 2.75) is 45.2 Å². The minimum absolute atomic E-state index is 0.00583. The Morgan fingerprint density at radius 2 is 2.18 bits per heavy atom. The van der Waals surface area contributed by atoms with Crippen LogP contribution in [-0.4, -0.2) is 48.5 Å². The molecule has 0 aliphatic carbocycles. The molecule has 1 amide bonds. The molecule has 0 bridgehead atoms. The van der Waals surface area contributed by atoms with Gasteiger partial charge in [0.2, 0.25) is 5.91 Å². The summed E-state index contributed by atoms with van der Waals surface area (Å²) < 4.78 is 0. The number of nitrogens with one attached hydrogen (secondary N) is 1. The highest BCUT2D eigenvalue weighted by Gasteiger charge is 2.25. The molecule has 0 radical (unpaired) electrons. The van der Waals surface area contributed by atoms with Gasteiger partial charge in [-0.25, -0.2) is 0 Å². The zero-order valence-corrected chi connectivity index (χ0v) is 12.3. The van der Waals surface area contributed by atoms with Crippen LogP contribution in [0.2, 0.25) is 0 Å². The maximum absolute atomic E-state index is 12.1. The molecule has 0 aromatic heterocycles. The van der Waals surface area contributed by atoms with Gasteiger partial charge in [0.05, 0.1) is 6.04 Å². The minimum atomic E-state index is -0.00583. The third-order valence-corrected chi connectivity index (χ3v) is 4.26. The van der Waals surface area contributed by atoms with Crippen molar-refractivity contribution in [3.63, 3.8) is 0 Å². The second-order valence-corrected chi connectivity index (χ2v) is 6.65. The fourth-order valence-corrected chi connectivity index (χ4v) is 3.26. The standard InChI is InChI=1S/C13H26N2OS/c1-10(2)8-12(13(16)15(3)4)14-11-6-5-7-17-9-11/h10-12,14H,5-9H2,1-4H3. The normalized spacial score (nSPS) is 22.5. The molecule has 0 spiro atoms. The van der Waals surface area contributed by atoms with E-state index in [1.54, 1.807) is 4.90 Å². The van der Waals surface area contributed by atoms with Crippen molar-refractivity contribution in [2.24, 2.45) is 5.92 Å². The van der Waals surface area contributed by atoms with Crippen molar-refractivity contribution >= 4 is 17.7 Å². The lowest BCUT2D eigenvalue weighted by Crippen LogP contribution is -2.50. The Hall–Kier alpha value is -0.220. The van der Waals surface area contributed by atoms with E-state index in [0.29, 0.717) is 12.0 Å². The predicted molar refractivity (Wildman–Crippen MR) is 75.4 cm³/mol. The molecule has 1 heterocycles. The summed E-state index contributed by atoms with van der Waals surface area (Å²) in [5.74, 6) is 3.19. The maximum Gasteiger partial charge on any atom is 0.239 e. The average Bonchev–Trinajstić information content (AvgIpc) is 2.28. The fourth-order valence-electron chi connectivity index (χ4n) is 2.18. The Morgan fingerprint density at radius 1 is 1.47 bits per heavy atom. The van der Waals surface area contributed by atoms with Gasteiger partial charge >= 0.3 is 0 Å². The van der Waals surface area contributed by atoms with E-state index in [0.717, 1.165) is 12.2 Å². The lowest BCUT2D eigenvalue weighted by molar-refractivity contribution is -0.131. The fraction of sp³-hybridized carbons (Fsp3) is 0.923. The average molecular weight is 258 g/mol. The van der Waals surface area contributed by atoms with Crippen LogP contribution in [0.25, 0.3) is 0 Å². The first-order valence-corrected chi connectivity index (χ1v) is 7.71. The smallest absolute Gasteiger partial charge is 0.239 e. The summed E-state index contributed by atoms with van der Waals surface area (Å²) >= 11 is 2.00. The molecule has 1 N–H and O–H groups in total. The molecule has 100 valence electrons. The Balaban J connectivity index is 2.52. The second kappa shape index (κ2) is 7.27. The Kier molecular flexibility index (Phi) is 6.34. The van der Waals surface area contributed by atoms with Crippen LogP contribution >= 0.6 is 11.8 Å². The molecular weight excluding hydrogens is 232 g/mol. The zero-order chi connectivity index (χ0) is 12.8. The summed E-state index contributed by atoms with van der Waals surface area (Å²) in [5.41, 5.74) is 0. The summed E-state index contributed by atoms with van der Waals surface area (Å²) in [6, 6.07) is 0.509. The number of carbonyl (C=O) groups is 1. The number of likely N-dealkylation sites (N-methyl/N-ethyl adjacent to an activating group) is 1. The van der Waals surface area contributed by atoms with Gasteiger partial charge < -0.3 is 10.2 Å². The summed E-state index contributed by atoms with van der Waals surface area (Å²) in [4.78, 5) is 13.8. The summed E-state index contributed by atoms with van der Waals surface area (Å²) in [6.07, 6.45) is 3.41. The van der Waals surface area contributed by atoms with E-state index in [1.165, 1.54) is 18.6 Å². The number of hydrogen-bond acceptors (Lipinski definition) is 3. The van der Waals surface area contributed by atoms with Crippen molar-refractivity contribution in [3.8, 4) is 0 Å². The van der Waals surface area contributed by atoms with Crippen LogP contribution in [0.5, 0.6) is 0 Å². The van der Waals surface area contributed by atoms with Gasteiger partial charge in [-0.05, 0) is 30.9 Å². The summed E-state index contributed by atoms with van der Waals surface area (Å²) in [7, 11) is 3.68. The number of thioether (sulfide) groups is 1. The molecule has 2 atom stereocenters. The van der Waals surface area contributed by atoms with Crippen molar-refractivity contribution in [1.29, 1.82) is 0 Å². The Bertz CT molecular complexity index is 238. The SMILES string of the molecule is CC(C)CC(NC1CCCSC1)C(=O)N(C)C. The van der Waals surface area contributed by atoms with Gasteiger partial charge in [-0.1, -0.05) is 13.8 Å². The molecule has 2 unspecified atom stereocenters. The van der Waals surface area contributed by atoms with E-state index in [-0.39, 0.29) is 11.9 Å². The second-order valence-electron chi connectivity index (χ2n) is 5.50. The molecule has 0 aromatic carbocycles. The van der Waals surface area contributed by atoms with Crippen LogP contribution in [0.15, 0.2) is 0 Å². The summed E-state index contributed by atoms with van der Waals surface area (Å²) in [6.45, 7) is 4.35. The van der Waals surface area contributed by atoms with Crippen molar-refractivity contribution in [1.82, 2.24) is 10.2 Å². The van der Waals surface area contributed by atoms with Gasteiger partial charge in [-0.15, -0.1) is 0 Å². The monoisotopic (exact) mass is 258 g/mol. The lowest BCUT2D eigenvalue weighted by atomic mass is 10.0. The number of nitrogens with zero attached hydrogens (tertiary/aromatic N) is 1. The Labute approximate surface area is 110 Å². The first-order chi connectivity index (χ1) is 8.00. The minimum Gasteiger partial charge on any atom is -0.347 e. The van der Waals surface area contributed by atoms with Crippen LogP contribution in [-0.2, 0) is 4.79 Å². The number of rotatable bonds is 5. The van der Waals surface area contributed by atoms with Crippen LogP contribution in [0.4, 0.5) is 0 Å². The van der Waals surface area contributed by atoms with Gasteiger partial charge in [-0.3, -0.25) is 4.79 Å². The van der Waals surface area contributed by atoms with E-state index < -0.39 is 0 Å². The van der Waals surface area contributed by atoms with Gasteiger partial charge in [0.25, 0.3) is 0 Å². The zero-order valence-electron chi connectivity index (χ0n) is 11.5. The largest absolute Gasteiger partial charge is 0.347 e. The van der Waals surface area contributed by atoms with Gasteiger partial charge in [0.15, 0.2) is 0 Å². The van der Waals surface area contributed by atoms with Gasteiger partial charge in [0, 0.05) is 25.9 Å². The van der Waals surface area contributed by atoms with Crippen molar-refractivity contribution in [2.75, 3.05) is 25.6 Å². The lowest BCUT2D eigenvalue weighted by Gasteiger charge is -2.30. The van der Waals surface area contributed by atoms with E-state index in [1.807, 2.05) is 25.9 Å². The maximum atomic E-state index is 12.1. The van der Waals surface area contributed by atoms with E-state index >= 15 is 0 Å². The third kappa shape index (κ3) is 5.30. The molecule has 3 nitrogen and oxygen atoms in total. The highest BCUT2D eigenvalue weighted by Crippen LogP contribution is 2.18. The number of amides is 1. The molecule has 1 saturated heterocycles. The van der Waals surface area contributed by atoms with Crippen molar-refractivity contribution in [3.05, 3.63) is 0 Å². The first kappa shape index (κ1) is 14.8. The molecule has 17 heavy (non-hydrogen) atoms. The van der Waals surface area contributed by atoms with Crippen LogP contribution < -0.4 is 5.32 Å². The third-order valence-electron chi connectivity index (χ3n) is 3.04. The molecule has 0 aromatic rings. The quantitative estimate of drug-likeness (QED) is 0.818. The van der Waals surface area contributed by atoms with Crippen LogP contribution in [0.1, 0.15) is 33.1 Å². The highest BCUT2D eigenvalue weighted by molar-refractivity contribution is 7.99. The highest BCUT2D eigenvalue weighted by atomic mass is 32.2. The molecule has 1 aliphatic rings. The van der Waals surface area contributed by atoms with Gasteiger partial charge in [0.1, 0.15) is 0 Å². The van der Waals surface area contributed by atoms with Crippen LogP contribution in [0, 0.1) is 5.92 Å². The first-order valence-electron chi connectivity index (χ1n) is 6.55. The number of hydrogen-bond donors (Lipinski definition) is 1. The van der Waals surface area contributed by atoms with E-state index in [9.17, 15) is 4.79 Å². The molecule has 4 heteroatoms. The molecule has 0 saturated carbocycles. The van der Waals surface area contributed by atoms with E-state index in [2.05, 4.69) is 19.2 Å².